The molecule has 0 radical (unpaired) electrons. The smallest absolute Gasteiger partial charge is 0.273 e. The van der Waals surface area contributed by atoms with Gasteiger partial charge in [-0.15, -0.1) is 5.10 Å². The molecule has 0 aliphatic rings. The zero-order valence-electron chi connectivity index (χ0n) is 9.54. The largest absolute Gasteiger partial charge is 0.497 e. The highest BCUT2D eigenvalue weighted by molar-refractivity contribution is 5.91. The average Bonchev–Trinajstić information content (AvgIpc) is 2.87. The van der Waals surface area contributed by atoms with Crippen LogP contribution in [0.15, 0.2) is 30.5 Å². The third-order valence-corrected chi connectivity index (χ3v) is 2.29. The summed E-state index contributed by atoms with van der Waals surface area (Å²) in [6.07, 6.45) is 1.57. The summed E-state index contributed by atoms with van der Waals surface area (Å²) in [5, 5.41) is 10.1. The van der Waals surface area contributed by atoms with Gasteiger partial charge in [0, 0.05) is 7.05 Å². The number of rotatable bonds is 3. The number of amides is 1. The molecule has 0 aliphatic carbocycles. The van der Waals surface area contributed by atoms with Crippen molar-refractivity contribution in [1.82, 2.24) is 20.3 Å². The molecular formula is C11H12N4O2. The minimum atomic E-state index is -0.259. The second kappa shape index (κ2) is 4.65. The van der Waals surface area contributed by atoms with Crippen molar-refractivity contribution < 1.29 is 9.53 Å². The molecule has 6 nitrogen and oxygen atoms in total. The van der Waals surface area contributed by atoms with Crippen LogP contribution in [0.5, 0.6) is 5.75 Å². The predicted molar refractivity (Wildman–Crippen MR) is 61.3 cm³/mol. The molecule has 0 saturated carbocycles. The summed E-state index contributed by atoms with van der Waals surface area (Å²) in [7, 11) is 3.16. The van der Waals surface area contributed by atoms with Crippen molar-refractivity contribution in [2.45, 2.75) is 0 Å². The summed E-state index contributed by atoms with van der Waals surface area (Å²) in [6, 6.07) is 7.30. The van der Waals surface area contributed by atoms with E-state index in [9.17, 15) is 4.79 Å². The van der Waals surface area contributed by atoms with Crippen LogP contribution in [0.1, 0.15) is 10.5 Å². The van der Waals surface area contributed by atoms with Gasteiger partial charge < -0.3 is 10.1 Å². The summed E-state index contributed by atoms with van der Waals surface area (Å²) in [5.41, 5.74) is 1.09. The number of nitrogens with zero attached hydrogens (tertiary/aromatic N) is 3. The van der Waals surface area contributed by atoms with E-state index in [0.717, 1.165) is 11.4 Å². The molecular weight excluding hydrogens is 220 g/mol. The van der Waals surface area contributed by atoms with Crippen LogP contribution in [0.4, 0.5) is 0 Å². The second-order valence-electron chi connectivity index (χ2n) is 3.33. The molecule has 0 atom stereocenters. The van der Waals surface area contributed by atoms with E-state index < -0.39 is 0 Å². The van der Waals surface area contributed by atoms with E-state index in [2.05, 4.69) is 15.6 Å². The highest BCUT2D eigenvalue weighted by Gasteiger charge is 2.09. The van der Waals surface area contributed by atoms with Crippen LogP contribution >= 0.6 is 0 Å². The lowest BCUT2D eigenvalue weighted by atomic mass is 10.3. The summed E-state index contributed by atoms with van der Waals surface area (Å²) < 4.78 is 6.59. The molecule has 88 valence electrons. The topological polar surface area (TPSA) is 69.0 Å². The zero-order chi connectivity index (χ0) is 12.3. The molecule has 0 spiro atoms. The first kappa shape index (κ1) is 11.1. The zero-order valence-corrected chi connectivity index (χ0v) is 9.54. The molecule has 17 heavy (non-hydrogen) atoms. The fourth-order valence-electron chi connectivity index (χ4n) is 1.36. The number of methoxy groups -OCH3 is 1. The Hall–Kier alpha value is -2.37. The van der Waals surface area contributed by atoms with Crippen molar-refractivity contribution in [3.05, 3.63) is 36.2 Å². The van der Waals surface area contributed by atoms with Crippen molar-refractivity contribution >= 4 is 5.91 Å². The Kier molecular flexibility index (Phi) is 3.04. The number of ether oxygens (including phenoxy) is 1. The number of nitrogens with one attached hydrogen (secondary N) is 1. The SMILES string of the molecule is CNC(=O)c1cn(-c2ccc(OC)cc2)nn1. The molecule has 0 saturated heterocycles. The number of carbonyl (C=O) groups excluding carboxylic acids is 1. The molecule has 1 aromatic heterocycles. The summed E-state index contributed by atoms with van der Waals surface area (Å²) >= 11 is 0. The fraction of sp³-hybridized carbons (Fsp3) is 0.182. The van der Waals surface area contributed by atoms with Gasteiger partial charge in [-0.25, -0.2) is 4.68 Å². The van der Waals surface area contributed by atoms with Crippen molar-refractivity contribution in [3.63, 3.8) is 0 Å². The van der Waals surface area contributed by atoms with Gasteiger partial charge in [0.15, 0.2) is 5.69 Å². The van der Waals surface area contributed by atoms with E-state index in [4.69, 9.17) is 4.74 Å². The Bertz CT molecular complexity index is 519. The molecule has 1 aromatic carbocycles. The average molecular weight is 232 g/mol. The number of hydrogen-bond donors (Lipinski definition) is 1. The van der Waals surface area contributed by atoms with Gasteiger partial charge in [0.25, 0.3) is 5.91 Å². The van der Waals surface area contributed by atoms with E-state index in [-0.39, 0.29) is 11.6 Å². The maximum atomic E-state index is 11.3. The lowest BCUT2D eigenvalue weighted by Gasteiger charge is -2.01. The molecule has 1 heterocycles. The molecule has 0 aliphatic heterocycles. The lowest BCUT2D eigenvalue weighted by Crippen LogP contribution is -2.18. The van der Waals surface area contributed by atoms with Gasteiger partial charge in [-0.05, 0) is 24.3 Å². The molecule has 0 bridgehead atoms. The van der Waals surface area contributed by atoms with E-state index in [0.29, 0.717) is 0 Å². The summed E-state index contributed by atoms with van der Waals surface area (Å²) in [4.78, 5) is 11.3. The van der Waals surface area contributed by atoms with Crippen molar-refractivity contribution in [1.29, 1.82) is 0 Å². The van der Waals surface area contributed by atoms with Gasteiger partial charge in [-0.2, -0.15) is 0 Å². The maximum absolute atomic E-state index is 11.3. The van der Waals surface area contributed by atoms with Gasteiger partial charge in [0.05, 0.1) is 19.0 Å². The number of benzene rings is 1. The van der Waals surface area contributed by atoms with Gasteiger partial charge in [0.1, 0.15) is 5.75 Å². The third kappa shape index (κ3) is 2.25. The maximum Gasteiger partial charge on any atom is 0.273 e. The monoisotopic (exact) mass is 232 g/mol. The quantitative estimate of drug-likeness (QED) is 0.843. The van der Waals surface area contributed by atoms with E-state index >= 15 is 0 Å². The standard InChI is InChI=1S/C11H12N4O2/c1-12-11(16)10-7-15(14-13-10)8-3-5-9(17-2)6-4-8/h3-7H,1-2H3,(H,12,16). The van der Waals surface area contributed by atoms with Crippen LogP contribution in [-0.2, 0) is 0 Å². The number of hydrogen-bond acceptors (Lipinski definition) is 4. The predicted octanol–water partition coefficient (Wildman–Crippen LogP) is 0.635. The van der Waals surface area contributed by atoms with Gasteiger partial charge in [-0.1, -0.05) is 5.21 Å². The third-order valence-electron chi connectivity index (χ3n) is 2.29. The van der Waals surface area contributed by atoms with Crippen LogP contribution in [0, 0.1) is 0 Å². The molecule has 2 aromatic rings. The fourth-order valence-corrected chi connectivity index (χ4v) is 1.36. The van der Waals surface area contributed by atoms with Crippen LogP contribution in [-0.4, -0.2) is 35.1 Å². The second-order valence-corrected chi connectivity index (χ2v) is 3.33. The van der Waals surface area contributed by atoms with E-state index in [1.54, 1.807) is 20.4 Å². The minimum absolute atomic E-state index is 0.259. The van der Waals surface area contributed by atoms with Crippen LogP contribution < -0.4 is 10.1 Å². The van der Waals surface area contributed by atoms with Crippen molar-refractivity contribution in [2.24, 2.45) is 0 Å². The van der Waals surface area contributed by atoms with Crippen LogP contribution in [0.2, 0.25) is 0 Å². The van der Waals surface area contributed by atoms with Crippen molar-refractivity contribution in [2.75, 3.05) is 14.2 Å². The van der Waals surface area contributed by atoms with E-state index in [1.165, 1.54) is 4.68 Å². The molecule has 0 unspecified atom stereocenters. The Labute approximate surface area is 98.2 Å². The van der Waals surface area contributed by atoms with Crippen LogP contribution in [0.3, 0.4) is 0 Å². The lowest BCUT2D eigenvalue weighted by molar-refractivity contribution is 0.0958. The molecule has 0 fully saturated rings. The Morgan fingerprint density at radius 1 is 1.35 bits per heavy atom. The number of aromatic nitrogens is 3. The normalized spacial score (nSPS) is 10.0. The first-order chi connectivity index (χ1) is 8.24. The first-order valence-electron chi connectivity index (χ1n) is 5.03. The summed E-state index contributed by atoms with van der Waals surface area (Å²) in [5.74, 6) is 0.505. The van der Waals surface area contributed by atoms with Gasteiger partial charge >= 0.3 is 0 Å². The van der Waals surface area contributed by atoms with Gasteiger partial charge in [0.2, 0.25) is 0 Å². The molecule has 1 N–H and O–H groups in total. The highest BCUT2D eigenvalue weighted by Crippen LogP contribution is 2.14. The minimum Gasteiger partial charge on any atom is -0.497 e. The Morgan fingerprint density at radius 3 is 2.65 bits per heavy atom. The van der Waals surface area contributed by atoms with E-state index in [1.807, 2.05) is 24.3 Å². The summed E-state index contributed by atoms with van der Waals surface area (Å²) in [6.45, 7) is 0. The highest BCUT2D eigenvalue weighted by atomic mass is 16.5. The van der Waals surface area contributed by atoms with Crippen molar-refractivity contribution in [3.8, 4) is 11.4 Å². The molecule has 1 amide bonds. The van der Waals surface area contributed by atoms with Crippen LogP contribution in [0.25, 0.3) is 5.69 Å². The van der Waals surface area contributed by atoms with Gasteiger partial charge in [-0.3, -0.25) is 4.79 Å². The number of carbonyl (C=O) groups is 1. The Balaban J connectivity index is 2.27. The molecule has 2 rings (SSSR count). The first-order valence-corrected chi connectivity index (χ1v) is 5.03. The molecule has 6 heteroatoms. The Morgan fingerprint density at radius 2 is 2.06 bits per heavy atom.